The van der Waals surface area contributed by atoms with Gasteiger partial charge in [-0.05, 0) is 32.4 Å². The summed E-state index contributed by atoms with van der Waals surface area (Å²) < 4.78 is 5.40. The highest BCUT2D eigenvalue weighted by Crippen LogP contribution is 2.32. The predicted molar refractivity (Wildman–Crippen MR) is 79.6 cm³/mol. The molecule has 1 unspecified atom stereocenters. The summed E-state index contributed by atoms with van der Waals surface area (Å²) in [5, 5.41) is 19.3. The number of carbonyl (C=O) groups is 1. The van der Waals surface area contributed by atoms with Gasteiger partial charge in [0.2, 0.25) is 0 Å². The molecule has 0 amide bonds. The molecule has 1 aromatic carbocycles. The Balaban J connectivity index is 2.11. The van der Waals surface area contributed by atoms with Crippen molar-refractivity contribution >= 4 is 5.97 Å². The van der Waals surface area contributed by atoms with E-state index in [0.29, 0.717) is 18.9 Å². The van der Waals surface area contributed by atoms with Gasteiger partial charge in [-0.3, -0.25) is 9.69 Å². The molecule has 0 aromatic heterocycles. The SMILES string of the molecule is CCOc1cccc(CN2CCCCC2CC(=O)O)c1O. The van der Waals surface area contributed by atoms with E-state index in [-0.39, 0.29) is 18.2 Å². The molecule has 5 nitrogen and oxygen atoms in total. The quantitative estimate of drug-likeness (QED) is 0.843. The van der Waals surface area contributed by atoms with Gasteiger partial charge in [0.25, 0.3) is 0 Å². The van der Waals surface area contributed by atoms with E-state index >= 15 is 0 Å². The first-order valence-corrected chi connectivity index (χ1v) is 7.51. The zero-order valence-corrected chi connectivity index (χ0v) is 12.4. The maximum absolute atomic E-state index is 11.0. The van der Waals surface area contributed by atoms with E-state index in [4.69, 9.17) is 9.84 Å². The molecule has 1 aliphatic rings. The Morgan fingerprint density at radius 2 is 2.24 bits per heavy atom. The van der Waals surface area contributed by atoms with Crippen LogP contribution in [0.4, 0.5) is 0 Å². The third-order valence-electron chi connectivity index (χ3n) is 3.92. The number of carboxylic acid groups (broad SMARTS) is 1. The van der Waals surface area contributed by atoms with Crippen LogP contribution in [-0.2, 0) is 11.3 Å². The molecule has 5 heteroatoms. The molecular weight excluding hydrogens is 270 g/mol. The van der Waals surface area contributed by atoms with Crippen molar-refractivity contribution in [3.05, 3.63) is 23.8 Å². The van der Waals surface area contributed by atoms with E-state index in [1.165, 1.54) is 0 Å². The van der Waals surface area contributed by atoms with Crippen molar-refractivity contribution in [2.24, 2.45) is 0 Å². The van der Waals surface area contributed by atoms with Gasteiger partial charge < -0.3 is 14.9 Å². The number of aromatic hydroxyl groups is 1. The van der Waals surface area contributed by atoms with Crippen molar-refractivity contribution in [1.29, 1.82) is 0 Å². The van der Waals surface area contributed by atoms with Gasteiger partial charge in [0, 0.05) is 18.2 Å². The van der Waals surface area contributed by atoms with Gasteiger partial charge >= 0.3 is 5.97 Å². The third kappa shape index (κ3) is 4.11. The van der Waals surface area contributed by atoms with Crippen LogP contribution in [0.25, 0.3) is 0 Å². The normalized spacial score (nSPS) is 19.4. The molecule has 1 heterocycles. The van der Waals surface area contributed by atoms with Crippen molar-refractivity contribution in [2.45, 2.75) is 45.2 Å². The second-order valence-corrected chi connectivity index (χ2v) is 5.41. The van der Waals surface area contributed by atoms with Crippen LogP contribution in [0.1, 0.15) is 38.2 Å². The summed E-state index contributed by atoms with van der Waals surface area (Å²) >= 11 is 0. The molecule has 1 aliphatic heterocycles. The summed E-state index contributed by atoms with van der Waals surface area (Å²) in [5.74, 6) is -0.111. The number of carboxylic acids is 1. The summed E-state index contributed by atoms with van der Waals surface area (Å²) in [7, 11) is 0. The van der Waals surface area contributed by atoms with Crippen molar-refractivity contribution in [1.82, 2.24) is 4.90 Å². The van der Waals surface area contributed by atoms with E-state index in [1.807, 2.05) is 19.1 Å². The second-order valence-electron chi connectivity index (χ2n) is 5.41. The number of phenolic OH excluding ortho intramolecular Hbond substituents is 1. The summed E-state index contributed by atoms with van der Waals surface area (Å²) in [6, 6.07) is 5.51. The molecular formula is C16H23NO4. The minimum atomic E-state index is -0.765. The van der Waals surface area contributed by atoms with E-state index < -0.39 is 5.97 Å². The molecule has 116 valence electrons. The van der Waals surface area contributed by atoms with E-state index in [9.17, 15) is 9.90 Å². The number of likely N-dealkylation sites (tertiary alicyclic amines) is 1. The molecule has 1 fully saturated rings. The van der Waals surface area contributed by atoms with Crippen molar-refractivity contribution in [3.8, 4) is 11.5 Å². The molecule has 1 atom stereocenters. The Morgan fingerprint density at radius 3 is 2.95 bits per heavy atom. The second kappa shape index (κ2) is 7.31. The number of piperidine rings is 1. The standard InChI is InChI=1S/C16H23NO4/c1-2-21-14-8-5-6-12(16(14)20)11-17-9-4-3-7-13(17)10-15(18)19/h5-6,8,13,20H,2-4,7,9-11H2,1H3,(H,18,19). The van der Waals surface area contributed by atoms with Crippen LogP contribution in [0.2, 0.25) is 0 Å². The average molecular weight is 293 g/mol. The largest absolute Gasteiger partial charge is 0.504 e. The maximum atomic E-state index is 11.0. The smallest absolute Gasteiger partial charge is 0.304 e. The number of benzene rings is 1. The first kappa shape index (κ1) is 15.6. The number of phenols is 1. The number of nitrogens with zero attached hydrogens (tertiary/aromatic N) is 1. The molecule has 21 heavy (non-hydrogen) atoms. The summed E-state index contributed by atoms with van der Waals surface area (Å²) in [6.07, 6.45) is 3.20. The minimum absolute atomic E-state index is 0.0476. The monoisotopic (exact) mass is 293 g/mol. The van der Waals surface area contributed by atoms with Gasteiger partial charge in [-0.25, -0.2) is 0 Å². The fraction of sp³-hybridized carbons (Fsp3) is 0.562. The number of ether oxygens (including phenoxy) is 1. The van der Waals surface area contributed by atoms with Crippen LogP contribution in [0.5, 0.6) is 11.5 Å². The molecule has 0 bridgehead atoms. The molecule has 1 saturated heterocycles. The van der Waals surface area contributed by atoms with E-state index in [0.717, 1.165) is 31.4 Å². The van der Waals surface area contributed by atoms with E-state index in [1.54, 1.807) is 6.07 Å². The topological polar surface area (TPSA) is 70.0 Å². The number of aliphatic carboxylic acids is 1. The third-order valence-corrected chi connectivity index (χ3v) is 3.92. The lowest BCUT2D eigenvalue weighted by Gasteiger charge is -2.35. The molecule has 0 spiro atoms. The van der Waals surface area contributed by atoms with Crippen LogP contribution in [0, 0.1) is 0 Å². The van der Waals surface area contributed by atoms with Crippen molar-refractivity contribution in [2.75, 3.05) is 13.2 Å². The van der Waals surface area contributed by atoms with Crippen molar-refractivity contribution in [3.63, 3.8) is 0 Å². The van der Waals surface area contributed by atoms with Gasteiger partial charge in [0.05, 0.1) is 13.0 Å². The highest BCUT2D eigenvalue weighted by molar-refractivity contribution is 5.67. The fourth-order valence-electron chi connectivity index (χ4n) is 2.89. The van der Waals surface area contributed by atoms with Crippen LogP contribution < -0.4 is 4.74 Å². The van der Waals surface area contributed by atoms with E-state index in [2.05, 4.69) is 4.90 Å². The number of rotatable bonds is 6. The van der Waals surface area contributed by atoms with Crippen LogP contribution >= 0.6 is 0 Å². The van der Waals surface area contributed by atoms with Crippen LogP contribution in [0.3, 0.4) is 0 Å². The average Bonchev–Trinajstić information content (AvgIpc) is 2.45. The molecule has 2 rings (SSSR count). The van der Waals surface area contributed by atoms with Crippen LogP contribution in [0.15, 0.2) is 18.2 Å². The zero-order chi connectivity index (χ0) is 15.2. The number of hydrogen-bond donors (Lipinski definition) is 2. The molecule has 0 radical (unpaired) electrons. The highest BCUT2D eigenvalue weighted by atomic mass is 16.5. The number of para-hydroxylation sites is 1. The van der Waals surface area contributed by atoms with Gasteiger partial charge in [0.1, 0.15) is 0 Å². The minimum Gasteiger partial charge on any atom is -0.504 e. The Morgan fingerprint density at radius 1 is 1.43 bits per heavy atom. The Hall–Kier alpha value is -1.75. The molecule has 1 aromatic rings. The fourth-order valence-corrected chi connectivity index (χ4v) is 2.89. The summed E-state index contributed by atoms with van der Waals surface area (Å²) in [5.41, 5.74) is 0.790. The Labute approximate surface area is 125 Å². The predicted octanol–water partition coefficient (Wildman–Crippen LogP) is 2.62. The lowest BCUT2D eigenvalue weighted by Crippen LogP contribution is -2.40. The first-order valence-electron chi connectivity index (χ1n) is 7.51. The van der Waals surface area contributed by atoms with Gasteiger partial charge in [-0.15, -0.1) is 0 Å². The maximum Gasteiger partial charge on any atom is 0.304 e. The Bertz CT molecular complexity index is 489. The van der Waals surface area contributed by atoms with Gasteiger partial charge in [-0.1, -0.05) is 18.6 Å². The lowest BCUT2D eigenvalue weighted by molar-refractivity contribution is -0.138. The number of hydrogen-bond acceptors (Lipinski definition) is 4. The Kier molecular flexibility index (Phi) is 5.44. The van der Waals surface area contributed by atoms with Crippen molar-refractivity contribution < 1.29 is 19.7 Å². The van der Waals surface area contributed by atoms with Gasteiger partial charge in [-0.2, -0.15) is 0 Å². The molecule has 0 saturated carbocycles. The summed E-state index contributed by atoms with van der Waals surface area (Å²) in [6.45, 7) is 3.81. The summed E-state index contributed by atoms with van der Waals surface area (Å²) in [4.78, 5) is 13.1. The van der Waals surface area contributed by atoms with Gasteiger partial charge in [0.15, 0.2) is 11.5 Å². The lowest BCUT2D eigenvalue weighted by atomic mass is 9.98. The highest BCUT2D eigenvalue weighted by Gasteiger charge is 2.25. The van der Waals surface area contributed by atoms with Crippen LogP contribution in [-0.4, -0.2) is 40.3 Å². The first-order chi connectivity index (χ1) is 10.1. The molecule has 0 aliphatic carbocycles. The molecule has 2 N–H and O–H groups in total. The zero-order valence-electron chi connectivity index (χ0n) is 12.4.